The SMILES string of the molecule is CCC(=O)N1CCCN(C)CCCN(C(=O)CCC(=O)O)Cc2cc(F)c(F)cc21. The van der Waals surface area contributed by atoms with Gasteiger partial charge >= 0.3 is 5.97 Å². The molecule has 30 heavy (non-hydrogen) atoms. The van der Waals surface area contributed by atoms with Crippen LogP contribution in [-0.4, -0.2) is 65.9 Å². The van der Waals surface area contributed by atoms with Crippen molar-refractivity contribution >= 4 is 23.5 Å². The highest BCUT2D eigenvalue weighted by molar-refractivity contribution is 5.94. The summed E-state index contributed by atoms with van der Waals surface area (Å²) in [5.74, 6) is -3.78. The van der Waals surface area contributed by atoms with E-state index in [-0.39, 0.29) is 43.3 Å². The summed E-state index contributed by atoms with van der Waals surface area (Å²) in [5.41, 5.74) is 0.577. The van der Waals surface area contributed by atoms with Crippen LogP contribution in [0.4, 0.5) is 14.5 Å². The molecule has 1 aromatic carbocycles. The Morgan fingerprint density at radius 1 is 0.967 bits per heavy atom. The van der Waals surface area contributed by atoms with E-state index in [2.05, 4.69) is 4.90 Å². The molecule has 2 amide bonds. The largest absolute Gasteiger partial charge is 0.481 e. The average molecular weight is 425 g/mol. The van der Waals surface area contributed by atoms with Crippen molar-refractivity contribution < 1.29 is 28.3 Å². The van der Waals surface area contributed by atoms with Crippen LogP contribution in [0.1, 0.15) is 44.6 Å². The van der Waals surface area contributed by atoms with Gasteiger partial charge in [-0.1, -0.05) is 6.92 Å². The molecule has 7 nitrogen and oxygen atoms in total. The van der Waals surface area contributed by atoms with Gasteiger partial charge in [0.25, 0.3) is 0 Å². The van der Waals surface area contributed by atoms with Crippen LogP contribution in [0.25, 0.3) is 0 Å². The Morgan fingerprint density at radius 2 is 1.60 bits per heavy atom. The highest BCUT2D eigenvalue weighted by Crippen LogP contribution is 2.27. The van der Waals surface area contributed by atoms with Gasteiger partial charge in [-0.05, 0) is 44.6 Å². The third kappa shape index (κ3) is 6.48. The monoisotopic (exact) mass is 425 g/mol. The molecule has 0 saturated carbocycles. The summed E-state index contributed by atoms with van der Waals surface area (Å²) in [7, 11) is 1.94. The number of carboxylic acids is 1. The van der Waals surface area contributed by atoms with Gasteiger partial charge in [0.15, 0.2) is 11.6 Å². The minimum atomic E-state index is -1.08. The summed E-state index contributed by atoms with van der Waals surface area (Å²) in [6.07, 6.45) is 1.05. The summed E-state index contributed by atoms with van der Waals surface area (Å²) in [6.45, 7) is 3.80. The van der Waals surface area contributed by atoms with E-state index in [1.807, 2.05) is 7.05 Å². The zero-order valence-corrected chi connectivity index (χ0v) is 17.5. The molecule has 0 saturated heterocycles. The van der Waals surface area contributed by atoms with Gasteiger partial charge in [-0.3, -0.25) is 14.4 Å². The molecule has 0 unspecified atom stereocenters. The van der Waals surface area contributed by atoms with E-state index >= 15 is 0 Å². The summed E-state index contributed by atoms with van der Waals surface area (Å²) in [6, 6.07) is 2.03. The van der Waals surface area contributed by atoms with E-state index < -0.39 is 17.6 Å². The van der Waals surface area contributed by atoms with Gasteiger partial charge < -0.3 is 19.8 Å². The molecule has 0 bridgehead atoms. The topological polar surface area (TPSA) is 81.2 Å². The molecule has 0 aromatic heterocycles. The fourth-order valence-electron chi connectivity index (χ4n) is 3.54. The van der Waals surface area contributed by atoms with Crippen LogP contribution in [0.5, 0.6) is 0 Å². The Bertz CT molecular complexity index is 788. The zero-order valence-electron chi connectivity index (χ0n) is 17.5. The van der Waals surface area contributed by atoms with E-state index in [1.54, 1.807) is 6.92 Å². The first-order valence-electron chi connectivity index (χ1n) is 10.2. The molecule has 1 N–H and O–H groups in total. The first-order valence-corrected chi connectivity index (χ1v) is 10.2. The number of carboxylic acid groups (broad SMARTS) is 1. The smallest absolute Gasteiger partial charge is 0.303 e. The van der Waals surface area contributed by atoms with Gasteiger partial charge in [0.05, 0.1) is 12.1 Å². The van der Waals surface area contributed by atoms with Crippen LogP contribution in [0.2, 0.25) is 0 Å². The van der Waals surface area contributed by atoms with Gasteiger partial charge in [-0.15, -0.1) is 0 Å². The molecule has 0 atom stereocenters. The first-order chi connectivity index (χ1) is 14.2. The van der Waals surface area contributed by atoms with Gasteiger partial charge in [0.1, 0.15) is 0 Å². The third-order valence-electron chi connectivity index (χ3n) is 5.17. The van der Waals surface area contributed by atoms with Crippen LogP contribution >= 0.6 is 0 Å². The highest BCUT2D eigenvalue weighted by atomic mass is 19.2. The van der Waals surface area contributed by atoms with Crippen molar-refractivity contribution in [1.29, 1.82) is 0 Å². The van der Waals surface area contributed by atoms with Gasteiger partial charge in [0.2, 0.25) is 11.8 Å². The Kier molecular flexibility index (Phi) is 8.71. The van der Waals surface area contributed by atoms with Crippen molar-refractivity contribution in [2.45, 2.75) is 45.6 Å². The molecular weight excluding hydrogens is 396 g/mol. The minimum Gasteiger partial charge on any atom is -0.481 e. The van der Waals surface area contributed by atoms with Crippen LogP contribution in [0, 0.1) is 11.6 Å². The summed E-state index contributed by atoms with van der Waals surface area (Å²) in [5, 5.41) is 8.88. The minimum absolute atomic E-state index is 0.0256. The van der Waals surface area contributed by atoms with E-state index in [1.165, 1.54) is 9.80 Å². The number of carbonyl (C=O) groups excluding carboxylic acids is 2. The lowest BCUT2D eigenvalue weighted by atomic mass is 10.1. The number of hydrogen-bond donors (Lipinski definition) is 1. The fraction of sp³-hybridized carbons (Fsp3) is 0.571. The number of benzene rings is 1. The number of hydrogen-bond acceptors (Lipinski definition) is 4. The average Bonchev–Trinajstić information content (AvgIpc) is 2.69. The van der Waals surface area contributed by atoms with Crippen molar-refractivity contribution in [3.05, 3.63) is 29.3 Å². The molecule has 2 rings (SSSR count). The van der Waals surface area contributed by atoms with E-state index in [0.717, 1.165) is 18.7 Å². The number of carbonyl (C=O) groups is 3. The van der Waals surface area contributed by atoms with E-state index in [4.69, 9.17) is 5.11 Å². The lowest BCUT2D eigenvalue weighted by Crippen LogP contribution is -2.38. The number of anilines is 1. The van der Waals surface area contributed by atoms with Crippen LogP contribution in [0.3, 0.4) is 0 Å². The second-order valence-electron chi connectivity index (χ2n) is 7.51. The molecule has 166 valence electrons. The predicted molar refractivity (Wildman–Crippen MR) is 108 cm³/mol. The second-order valence-corrected chi connectivity index (χ2v) is 7.51. The summed E-state index contributed by atoms with van der Waals surface area (Å²) >= 11 is 0. The lowest BCUT2D eigenvalue weighted by molar-refractivity contribution is -0.141. The first kappa shape index (κ1) is 23.7. The maximum Gasteiger partial charge on any atom is 0.303 e. The molecule has 0 radical (unpaired) electrons. The highest BCUT2D eigenvalue weighted by Gasteiger charge is 2.24. The molecular formula is C21H29F2N3O4. The van der Waals surface area contributed by atoms with Gasteiger partial charge in [-0.25, -0.2) is 8.78 Å². The predicted octanol–water partition coefficient (Wildman–Crippen LogP) is 2.63. The molecule has 0 fully saturated rings. The second kappa shape index (κ2) is 11.0. The summed E-state index contributed by atoms with van der Waals surface area (Å²) < 4.78 is 28.1. The molecule has 0 spiro atoms. The molecule has 0 aliphatic carbocycles. The van der Waals surface area contributed by atoms with Crippen LogP contribution in [0.15, 0.2) is 12.1 Å². The van der Waals surface area contributed by atoms with Crippen molar-refractivity contribution in [2.75, 3.05) is 38.1 Å². The van der Waals surface area contributed by atoms with Crippen molar-refractivity contribution in [2.24, 2.45) is 0 Å². The number of nitrogens with zero attached hydrogens (tertiary/aromatic N) is 3. The number of fused-ring (bicyclic) bond motifs is 1. The molecule has 1 aliphatic heterocycles. The Morgan fingerprint density at radius 3 is 2.23 bits per heavy atom. The standard InChI is InChI=1S/C21H29F2N3O4/c1-3-19(27)26-11-5-9-24(2)8-4-10-25(20(28)6-7-21(29)30)14-15-12-16(22)17(23)13-18(15)26/h12-13H,3-11,14H2,1-2H3,(H,29,30). The molecule has 1 aromatic rings. The normalized spacial score (nSPS) is 16.4. The zero-order chi connectivity index (χ0) is 22.3. The fourth-order valence-corrected chi connectivity index (χ4v) is 3.54. The van der Waals surface area contributed by atoms with Gasteiger partial charge in [0, 0.05) is 38.5 Å². The Labute approximate surface area is 175 Å². The molecule has 1 heterocycles. The van der Waals surface area contributed by atoms with Crippen molar-refractivity contribution in [1.82, 2.24) is 9.80 Å². The van der Waals surface area contributed by atoms with Crippen molar-refractivity contribution in [3.63, 3.8) is 0 Å². The quantitative estimate of drug-likeness (QED) is 0.802. The third-order valence-corrected chi connectivity index (χ3v) is 5.17. The maximum atomic E-state index is 14.1. The lowest BCUT2D eigenvalue weighted by Gasteiger charge is -2.31. The van der Waals surface area contributed by atoms with Crippen molar-refractivity contribution in [3.8, 4) is 0 Å². The van der Waals surface area contributed by atoms with Crippen LogP contribution in [-0.2, 0) is 20.9 Å². The summed E-state index contributed by atoms with van der Waals surface area (Å²) in [4.78, 5) is 41.1. The number of amides is 2. The van der Waals surface area contributed by atoms with E-state index in [0.29, 0.717) is 38.0 Å². The maximum absolute atomic E-state index is 14.1. The Hall–Kier alpha value is -2.55. The van der Waals surface area contributed by atoms with Gasteiger partial charge in [-0.2, -0.15) is 0 Å². The van der Waals surface area contributed by atoms with Crippen LogP contribution < -0.4 is 4.90 Å². The van der Waals surface area contributed by atoms with E-state index in [9.17, 15) is 23.2 Å². The molecule has 1 aliphatic rings. The number of aliphatic carboxylic acids is 1. The molecule has 9 heteroatoms. The number of halogens is 2. The number of rotatable bonds is 4. The Balaban J connectivity index is 2.45.